The monoisotopic (exact) mass is 475 g/mol. The lowest BCUT2D eigenvalue weighted by Gasteiger charge is -2.23. The molecule has 0 saturated heterocycles. The maximum atomic E-state index is 13.1. The van der Waals surface area contributed by atoms with Crippen LogP contribution in [0.4, 0.5) is 24.8 Å². The smallest absolute Gasteiger partial charge is 0.416 e. The Labute approximate surface area is 193 Å². The Morgan fingerprint density at radius 3 is 2.55 bits per heavy atom. The van der Waals surface area contributed by atoms with Gasteiger partial charge in [-0.15, -0.1) is 0 Å². The summed E-state index contributed by atoms with van der Waals surface area (Å²) in [6, 6.07) is 10.7. The van der Waals surface area contributed by atoms with E-state index >= 15 is 0 Å². The average molecular weight is 476 g/mol. The molecule has 4 rings (SSSR count). The molecule has 1 N–H and O–H groups in total. The Kier molecular flexibility index (Phi) is 6.16. The van der Waals surface area contributed by atoms with Crippen molar-refractivity contribution in [2.45, 2.75) is 33.1 Å². The molecule has 4 aromatic rings. The van der Waals surface area contributed by atoms with E-state index in [0.29, 0.717) is 34.7 Å². The molecule has 2 aromatic carbocycles. The highest BCUT2D eigenvalue weighted by Gasteiger charge is 2.31. The molecular formula is C23H21ClF3N5O. The molecule has 172 valence electrons. The Balaban J connectivity index is 1.86. The number of nitrogens with zero attached hydrogens (tertiary/aromatic N) is 4. The van der Waals surface area contributed by atoms with Crippen molar-refractivity contribution in [2.75, 3.05) is 11.4 Å². The van der Waals surface area contributed by atoms with Gasteiger partial charge in [-0.1, -0.05) is 23.7 Å². The van der Waals surface area contributed by atoms with Gasteiger partial charge < -0.3 is 9.64 Å². The minimum absolute atomic E-state index is 0.0485. The molecular weight excluding hydrogens is 455 g/mol. The number of nitrogens with one attached hydrogen (secondary N) is 1. The summed E-state index contributed by atoms with van der Waals surface area (Å²) in [4.78, 5) is 11.0. The minimum atomic E-state index is -4.49. The van der Waals surface area contributed by atoms with Gasteiger partial charge in [0.15, 0.2) is 0 Å². The fourth-order valence-electron chi connectivity index (χ4n) is 3.48. The molecule has 0 unspecified atom stereocenters. The molecule has 0 bridgehead atoms. The molecule has 0 aliphatic rings. The molecule has 0 spiro atoms. The van der Waals surface area contributed by atoms with E-state index in [1.807, 2.05) is 45.0 Å². The van der Waals surface area contributed by atoms with Gasteiger partial charge in [0.25, 0.3) is 0 Å². The summed E-state index contributed by atoms with van der Waals surface area (Å²) in [7, 11) is 0. The predicted molar refractivity (Wildman–Crippen MR) is 122 cm³/mol. The van der Waals surface area contributed by atoms with E-state index in [-0.39, 0.29) is 17.1 Å². The molecule has 10 heteroatoms. The quantitative estimate of drug-likeness (QED) is 0.338. The summed E-state index contributed by atoms with van der Waals surface area (Å²) < 4.78 is 45.2. The second-order valence-electron chi connectivity index (χ2n) is 7.57. The van der Waals surface area contributed by atoms with Gasteiger partial charge >= 0.3 is 6.18 Å². The third kappa shape index (κ3) is 4.59. The van der Waals surface area contributed by atoms with E-state index in [2.05, 4.69) is 15.2 Å². The number of hydrogen-bond donors (Lipinski definition) is 1. The summed E-state index contributed by atoms with van der Waals surface area (Å²) in [5.74, 6) is 0.922. The van der Waals surface area contributed by atoms with Crippen LogP contribution in [0.1, 0.15) is 26.3 Å². The topological polar surface area (TPSA) is 66.9 Å². The number of para-hydroxylation sites is 1. The Bertz CT molecular complexity index is 1290. The summed E-state index contributed by atoms with van der Waals surface area (Å²) in [6.45, 7) is 6.07. The average Bonchev–Trinajstić information content (AvgIpc) is 3.23. The maximum Gasteiger partial charge on any atom is 0.416 e. The molecule has 0 atom stereocenters. The largest absolute Gasteiger partial charge is 0.490 e. The van der Waals surface area contributed by atoms with Crippen LogP contribution in [-0.2, 0) is 6.18 Å². The van der Waals surface area contributed by atoms with E-state index in [0.717, 1.165) is 17.7 Å². The van der Waals surface area contributed by atoms with E-state index in [4.69, 9.17) is 21.3 Å². The third-order valence-corrected chi connectivity index (χ3v) is 5.22. The number of aromatic amines is 1. The minimum Gasteiger partial charge on any atom is -0.490 e. The Morgan fingerprint density at radius 2 is 1.88 bits per heavy atom. The SMILES string of the molecule is CCN(c1nc(-c2ccccc2OC(C)C)c2[nH]ncc2n1)c1ccc(C(F)(F)F)cc1Cl. The lowest BCUT2D eigenvalue weighted by Crippen LogP contribution is -2.20. The van der Waals surface area contributed by atoms with Crippen molar-refractivity contribution in [2.24, 2.45) is 0 Å². The van der Waals surface area contributed by atoms with Crippen molar-refractivity contribution in [3.8, 4) is 17.0 Å². The van der Waals surface area contributed by atoms with Crippen molar-refractivity contribution in [3.63, 3.8) is 0 Å². The molecule has 0 fully saturated rings. The first-order valence-corrected chi connectivity index (χ1v) is 10.7. The molecule has 0 aliphatic carbocycles. The highest BCUT2D eigenvalue weighted by Crippen LogP contribution is 2.39. The summed E-state index contributed by atoms with van der Waals surface area (Å²) in [5, 5.41) is 6.97. The van der Waals surface area contributed by atoms with Crippen LogP contribution in [0, 0.1) is 0 Å². The molecule has 0 radical (unpaired) electrons. The first kappa shape index (κ1) is 22.8. The van der Waals surface area contributed by atoms with Gasteiger partial charge in [0.05, 0.1) is 28.6 Å². The van der Waals surface area contributed by atoms with Crippen molar-refractivity contribution in [1.29, 1.82) is 0 Å². The van der Waals surface area contributed by atoms with E-state index in [1.165, 1.54) is 6.07 Å². The number of rotatable bonds is 6. The van der Waals surface area contributed by atoms with Crippen LogP contribution in [-0.4, -0.2) is 32.8 Å². The molecule has 33 heavy (non-hydrogen) atoms. The zero-order chi connectivity index (χ0) is 23.8. The molecule has 0 aliphatic heterocycles. The number of alkyl halides is 3. The number of halogens is 4. The fraction of sp³-hybridized carbons (Fsp3) is 0.261. The molecule has 2 aromatic heterocycles. The lowest BCUT2D eigenvalue weighted by molar-refractivity contribution is -0.137. The number of ether oxygens (including phenoxy) is 1. The van der Waals surface area contributed by atoms with Gasteiger partial charge in [-0.2, -0.15) is 18.3 Å². The van der Waals surface area contributed by atoms with Gasteiger partial charge in [-0.3, -0.25) is 5.10 Å². The van der Waals surface area contributed by atoms with E-state index in [9.17, 15) is 13.2 Å². The number of aromatic nitrogens is 4. The van der Waals surface area contributed by atoms with Crippen LogP contribution in [0.25, 0.3) is 22.3 Å². The lowest BCUT2D eigenvalue weighted by atomic mass is 10.1. The van der Waals surface area contributed by atoms with Crippen LogP contribution in [0.3, 0.4) is 0 Å². The summed E-state index contributed by atoms with van der Waals surface area (Å²) in [6.07, 6.45) is -2.97. The third-order valence-electron chi connectivity index (χ3n) is 4.92. The van der Waals surface area contributed by atoms with Crippen molar-refractivity contribution < 1.29 is 17.9 Å². The number of anilines is 2. The second kappa shape index (κ2) is 8.90. The van der Waals surface area contributed by atoms with Gasteiger partial charge in [0.2, 0.25) is 5.95 Å². The molecule has 2 heterocycles. The first-order chi connectivity index (χ1) is 15.7. The van der Waals surface area contributed by atoms with Crippen LogP contribution in [0.5, 0.6) is 5.75 Å². The van der Waals surface area contributed by atoms with Crippen LogP contribution in [0.2, 0.25) is 5.02 Å². The maximum absolute atomic E-state index is 13.1. The van der Waals surface area contributed by atoms with Crippen LogP contribution in [0.15, 0.2) is 48.7 Å². The summed E-state index contributed by atoms with van der Waals surface area (Å²) >= 11 is 6.26. The highest BCUT2D eigenvalue weighted by atomic mass is 35.5. The van der Waals surface area contributed by atoms with Crippen molar-refractivity contribution >= 4 is 34.3 Å². The van der Waals surface area contributed by atoms with Crippen molar-refractivity contribution in [1.82, 2.24) is 20.2 Å². The number of fused-ring (bicyclic) bond motifs is 1. The normalized spacial score (nSPS) is 11.9. The van der Waals surface area contributed by atoms with Crippen LogP contribution >= 0.6 is 11.6 Å². The first-order valence-electron chi connectivity index (χ1n) is 10.3. The van der Waals surface area contributed by atoms with Crippen molar-refractivity contribution in [3.05, 3.63) is 59.2 Å². The zero-order valence-corrected chi connectivity index (χ0v) is 18.9. The fourth-order valence-corrected chi connectivity index (χ4v) is 3.77. The molecule has 0 amide bonds. The van der Waals surface area contributed by atoms with Gasteiger partial charge in [0.1, 0.15) is 22.5 Å². The van der Waals surface area contributed by atoms with Gasteiger partial charge in [0, 0.05) is 12.1 Å². The highest BCUT2D eigenvalue weighted by molar-refractivity contribution is 6.33. The molecule has 0 saturated carbocycles. The number of benzene rings is 2. The Hall–Kier alpha value is -3.33. The van der Waals surface area contributed by atoms with E-state index < -0.39 is 11.7 Å². The van der Waals surface area contributed by atoms with Crippen LogP contribution < -0.4 is 9.64 Å². The van der Waals surface area contributed by atoms with Gasteiger partial charge in [-0.05, 0) is 51.1 Å². The molecule has 6 nitrogen and oxygen atoms in total. The van der Waals surface area contributed by atoms with E-state index in [1.54, 1.807) is 11.1 Å². The zero-order valence-electron chi connectivity index (χ0n) is 18.1. The Morgan fingerprint density at radius 1 is 1.12 bits per heavy atom. The number of H-pyrrole nitrogens is 1. The summed E-state index contributed by atoms with van der Waals surface area (Å²) in [5.41, 5.74) is 2.01. The second-order valence-corrected chi connectivity index (χ2v) is 7.98. The van der Waals surface area contributed by atoms with Gasteiger partial charge in [-0.25, -0.2) is 9.97 Å². The predicted octanol–water partition coefficient (Wildman–Crippen LogP) is 6.64. The standard InChI is InChI=1S/C23H21ClF3N5O/c1-4-32(18-10-9-14(11-16(18)24)23(25,26)27)22-29-17-12-28-31-21(17)20(30-22)15-7-5-6-8-19(15)33-13(2)3/h5-13H,4H2,1-3H3,(H,28,31). The number of hydrogen-bond acceptors (Lipinski definition) is 5.